The number of nitrogens with zero attached hydrogens (tertiary/aromatic N) is 1. The molecule has 11 heteroatoms. The number of hydrogen-bond donors (Lipinski definition) is 4. The maximum Gasteiger partial charge on any atom is 0.419 e. The van der Waals surface area contributed by atoms with Gasteiger partial charge in [-0.1, -0.05) is 6.07 Å². The molecule has 0 atom stereocenters. The number of hydrogen-bond acceptors (Lipinski definition) is 6. The van der Waals surface area contributed by atoms with Crippen LogP contribution in [0.5, 0.6) is 5.75 Å². The van der Waals surface area contributed by atoms with Crippen molar-refractivity contribution >= 4 is 11.5 Å². The van der Waals surface area contributed by atoms with Crippen molar-refractivity contribution in [1.29, 1.82) is 5.41 Å². The van der Waals surface area contributed by atoms with Crippen LogP contribution < -0.4 is 10.7 Å². The highest BCUT2D eigenvalue weighted by Gasteiger charge is 2.35. The lowest BCUT2D eigenvalue weighted by Gasteiger charge is -2.26. The van der Waals surface area contributed by atoms with Crippen molar-refractivity contribution in [2.45, 2.75) is 13.1 Å². The van der Waals surface area contributed by atoms with Crippen LogP contribution in [0.25, 0.3) is 11.3 Å². The van der Waals surface area contributed by atoms with Gasteiger partial charge < -0.3 is 25.6 Å². The lowest BCUT2D eigenvalue weighted by atomic mass is 10.0. The Hall–Kier alpha value is -2.92. The van der Waals surface area contributed by atoms with Crippen molar-refractivity contribution in [2.24, 2.45) is 0 Å². The zero-order chi connectivity index (χ0) is 22.8. The summed E-state index contributed by atoms with van der Waals surface area (Å²) in [5, 5.41) is 21.1. The highest BCUT2D eigenvalue weighted by atomic mass is 19.4. The van der Waals surface area contributed by atoms with Crippen LogP contribution >= 0.6 is 0 Å². The smallest absolute Gasteiger partial charge is 0.419 e. The molecule has 2 heterocycles. The lowest BCUT2D eigenvalue weighted by Crippen LogP contribution is -2.39. The van der Waals surface area contributed by atoms with E-state index in [1.54, 1.807) is 0 Å². The average Bonchev–Trinajstić information content (AvgIpc) is 2.70. The van der Waals surface area contributed by atoms with Gasteiger partial charge in [0.15, 0.2) is 5.75 Å². The Morgan fingerprint density at radius 3 is 2.61 bits per heavy atom. The number of aromatic nitrogens is 1. The lowest BCUT2D eigenvalue weighted by molar-refractivity contribution is -0.139. The van der Waals surface area contributed by atoms with E-state index < -0.39 is 40.0 Å². The minimum atomic E-state index is -4.94. The van der Waals surface area contributed by atoms with Crippen LogP contribution in [0.4, 0.5) is 23.4 Å². The first-order valence-corrected chi connectivity index (χ1v) is 9.56. The molecule has 0 bridgehead atoms. The van der Waals surface area contributed by atoms with Crippen molar-refractivity contribution in [3.05, 3.63) is 45.4 Å². The van der Waals surface area contributed by atoms with Gasteiger partial charge in [-0.05, 0) is 19.1 Å². The Morgan fingerprint density at radius 2 is 2.00 bits per heavy atom. The standard InChI is InChI=1S/C20H22F4N4O3/c1-11(25)14-17(29)18(30)16(12-3-2-4-13(15(12)21)20(22,23)24)27-19(14)26-5-6-28-7-9-31-10-8-28/h2-4,25,30H,5-10H2,1H3,(H2,26,27,29). The molecule has 2 aromatic rings. The third-order valence-electron chi connectivity index (χ3n) is 4.96. The van der Waals surface area contributed by atoms with Gasteiger partial charge in [0.25, 0.3) is 0 Å². The number of pyridine rings is 1. The van der Waals surface area contributed by atoms with Gasteiger partial charge in [-0.3, -0.25) is 9.69 Å². The molecule has 4 N–H and O–H groups in total. The molecular weight excluding hydrogens is 420 g/mol. The van der Waals surface area contributed by atoms with Gasteiger partial charge in [0.05, 0.1) is 30.0 Å². The Balaban J connectivity index is 2.01. The molecule has 0 unspecified atom stereocenters. The number of aromatic hydroxyl groups is 1. The highest BCUT2D eigenvalue weighted by molar-refractivity contribution is 6.01. The summed E-state index contributed by atoms with van der Waals surface area (Å²) < 4.78 is 59.2. The zero-order valence-electron chi connectivity index (χ0n) is 16.7. The molecule has 1 aromatic carbocycles. The summed E-state index contributed by atoms with van der Waals surface area (Å²) in [6.45, 7) is 4.90. The maximum absolute atomic E-state index is 14.6. The van der Waals surface area contributed by atoms with Crippen LogP contribution in [-0.2, 0) is 10.9 Å². The van der Waals surface area contributed by atoms with Crippen LogP contribution in [0.2, 0.25) is 0 Å². The van der Waals surface area contributed by atoms with Gasteiger partial charge in [-0.2, -0.15) is 13.2 Å². The maximum atomic E-state index is 14.6. The number of anilines is 1. The average molecular weight is 442 g/mol. The predicted octanol–water partition coefficient (Wildman–Crippen LogP) is 3.04. The zero-order valence-corrected chi connectivity index (χ0v) is 16.7. The SMILES string of the molecule is CC(=N)c1c(NCCN2CCOCC2)[nH]c(-c2cccc(C(F)(F)F)c2F)c(O)c1=O. The fourth-order valence-corrected chi connectivity index (χ4v) is 3.39. The van der Waals surface area contributed by atoms with Crippen molar-refractivity contribution < 1.29 is 27.4 Å². The summed E-state index contributed by atoms with van der Waals surface area (Å²) >= 11 is 0. The summed E-state index contributed by atoms with van der Waals surface area (Å²) in [6, 6.07) is 2.59. The van der Waals surface area contributed by atoms with E-state index in [1.165, 1.54) is 6.92 Å². The van der Waals surface area contributed by atoms with Crippen molar-refractivity contribution in [1.82, 2.24) is 9.88 Å². The molecule has 0 aliphatic carbocycles. The fourth-order valence-electron chi connectivity index (χ4n) is 3.39. The van der Waals surface area contributed by atoms with Crippen LogP contribution in [0.15, 0.2) is 23.0 Å². The minimum absolute atomic E-state index is 0.0235. The molecule has 168 valence electrons. The number of aromatic amines is 1. The van der Waals surface area contributed by atoms with E-state index in [-0.39, 0.29) is 17.1 Å². The number of nitrogens with one attached hydrogen (secondary N) is 3. The molecule has 0 saturated carbocycles. The van der Waals surface area contributed by atoms with Gasteiger partial charge in [0.1, 0.15) is 11.6 Å². The monoisotopic (exact) mass is 442 g/mol. The summed E-state index contributed by atoms with van der Waals surface area (Å²) in [5.41, 5.74) is -3.93. The molecular formula is C20H22F4N4O3. The van der Waals surface area contributed by atoms with E-state index in [2.05, 4.69) is 15.2 Å². The summed E-state index contributed by atoms with van der Waals surface area (Å²) in [4.78, 5) is 17.4. The third kappa shape index (κ3) is 4.88. The molecule has 0 spiro atoms. The minimum Gasteiger partial charge on any atom is -0.503 e. The van der Waals surface area contributed by atoms with E-state index >= 15 is 0 Å². The van der Waals surface area contributed by atoms with Gasteiger partial charge in [0, 0.05) is 37.5 Å². The molecule has 1 aromatic heterocycles. The van der Waals surface area contributed by atoms with Crippen LogP contribution in [-0.4, -0.2) is 60.1 Å². The Kier molecular flexibility index (Phi) is 6.65. The van der Waals surface area contributed by atoms with Crippen molar-refractivity contribution in [2.75, 3.05) is 44.7 Å². The quantitative estimate of drug-likeness (QED) is 0.407. The van der Waals surface area contributed by atoms with E-state index in [0.717, 1.165) is 25.2 Å². The Labute approximate surface area is 175 Å². The van der Waals surface area contributed by atoms with E-state index in [4.69, 9.17) is 10.1 Å². The highest BCUT2D eigenvalue weighted by Crippen LogP contribution is 2.37. The summed E-state index contributed by atoms with van der Waals surface area (Å²) in [5.74, 6) is -2.55. The first kappa shape index (κ1) is 22.8. The van der Waals surface area contributed by atoms with E-state index in [0.29, 0.717) is 32.4 Å². The van der Waals surface area contributed by atoms with Crippen molar-refractivity contribution in [3.8, 4) is 17.0 Å². The number of benzene rings is 1. The largest absolute Gasteiger partial charge is 0.503 e. The number of ether oxygens (including phenoxy) is 1. The molecule has 1 aliphatic heterocycles. The van der Waals surface area contributed by atoms with Crippen LogP contribution in [0, 0.1) is 11.2 Å². The van der Waals surface area contributed by atoms with Gasteiger partial charge >= 0.3 is 6.18 Å². The molecule has 1 aliphatic rings. The third-order valence-corrected chi connectivity index (χ3v) is 4.96. The second-order valence-corrected chi connectivity index (χ2v) is 7.10. The first-order chi connectivity index (χ1) is 14.6. The van der Waals surface area contributed by atoms with E-state index in [9.17, 15) is 27.5 Å². The van der Waals surface area contributed by atoms with Gasteiger partial charge in [0.2, 0.25) is 5.43 Å². The number of H-pyrrole nitrogens is 1. The van der Waals surface area contributed by atoms with Crippen LogP contribution in [0.1, 0.15) is 18.1 Å². The predicted molar refractivity (Wildman–Crippen MR) is 107 cm³/mol. The summed E-state index contributed by atoms with van der Waals surface area (Å²) in [7, 11) is 0. The molecule has 0 radical (unpaired) electrons. The number of morpholine rings is 1. The second-order valence-electron chi connectivity index (χ2n) is 7.10. The van der Waals surface area contributed by atoms with Crippen molar-refractivity contribution in [3.63, 3.8) is 0 Å². The second kappa shape index (κ2) is 9.06. The molecule has 0 amide bonds. The molecule has 1 fully saturated rings. The molecule has 7 nitrogen and oxygen atoms in total. The number of alkyl halides is 3. The van der Waals surface area contributed by atoms with Gasteiger partial charge in [-0.15, -0.1) is 0 Å². The summed E-state index contributed by atoms with van der Waals surface area (Å²) in [6.07, 6.45) is -4.94. The molecule has 1 saturated heterocycles. The Bertz CT molecular complexity index is 1030. The number of rotatable bonds is 6. The first-order valence-electron chi connectivity index (χ1n) is 9.56. The normalized spacial score (nSPS) is 15.1. The number of halogens is 4. The van der Waals surface area contributed by atoms with E-state index in [1.807, 2.05) is 0 Å². The Morgan fingerprint density at radius 1 is 1.32 bits per heavy atom. The fraction of sp³-hybridized carbons (Fsp3) is 0.400. The molecule has 31 heavy (non-hydrogen) atoms. The molecule has 3 rings (SSSR count). The topological polar surface area (TPSA) is 101 Å². The van der Waals surface area contributed by atoms with Crippen LogP contribution in [0.3, 0.4) is 0 Å². The van der Waals surface area contributed by atoms with Gasteiger partial charge in [-0.25, -0.2) is 4.39 Å².